The van der Waals surface area contributed by atoms with E-state index in [1.807, 2.05) is 55.5 Å². The Labute approximate surface area is 159 Å². The van der Waals surface area contributed by atoms with E-state index < -0.39 is 6.04 Å². The molecule has 3 aromatic rings. The molecular formula is C19H18BrN5O. The van der Waals surface area contributed by atoms with E-state index in [9.17, 15) is 4.79 Å². The third-order valence-corrected chi connectivity index (χ3v) is 5.09. The number of carbonyl (C=O) groups excluding carboxylic acids is 1. The minimum Gasteiger partial charge on any atom is -0.319 e. The smallest absolute Gasteiger partial charge is 0.246 e. The number of nitrogens with two attached hydrogens (primary N) is 1. The maximum atomic E-state index is 13.0. The minimum atomic E-state index is -0.697. The quantitative estimate of drug-likeness (QED) is 0.672. The van der Waals surface area contributed by atoms with Crippen LogP contribution in [0.5, 0.6) is 0 Å². The molecule has 1 amide bonds. The Balaban J connectivity index is 1.93. The number of hydrogen-bond donors (Lipinski definition) is 1. The Hall–Kier alpha value is -2.51. The molecule has 2 aromatic heterocycles. The first-order valence-electron chi connectivity index (χ1n) is 8.44. The van der Waals surface area contributed by atoms with Crippen LogP contribution in [0, 0.1) is 0 Å². The number of aromatic nitrogens is 3. The van der Waals surface area contributed by atoms with Gasteiger partial charge in [0.25, 0.3) is 0 Å². The topological polar surface area (TPSA) is 77.0 Å². The fourth-order valence-electron chi connectivity index (χ4n) is 3.47. The highest BCUT2D eigenvalue weighted by Crippen LogP contribution is 2.40. The van der Waals surface area contributed by atoms with Crippen molar-refractivity contribution in [2.75, 3.05) is 11.4 Å². The summed E-state index contributed by atoms with van der Waals surface area (Å²) in [5.74, 6) is 0.303. The molecule has 0 bridgehead atoms. The molecule has 2 N–H and O–H groups in total. The lowest BCUT2D eigenvalue weighted by Crippen LogP contribution is -2.51. The summed E-state index contributed by atoms with van der Waals surface area (Å²) in [5.41, 5.74) is 8.91. The molecule has 0 aliphatic carbocycles. The van der Waals surface area contributed by atoms with Crippen molar-refractivity contribution in [3.63, 3.8) is 0 Å². The van der Waals surface area contributed by atoms with Crippen molar-refractivity contribution >= 4 is 27.7 Å². The van der Waals surface area contributed by atoms with Gasteiger partial charge in [-0.3, -0.25) is 9.69 Å². The van der Waals surface area contributed by atoms with Crippen LogP contribution < -0.4 is 10.6 Å². The Morgan fingerprint density at radius 1 is 1.15 bits per heavy atom. The van der Waals surface area contributed by atoms with Gasteiger partial charge in [-0.15, -0.1) is 0 Å². The zero-order valence-electron chi connectivity index (χ0n) is 14.2. The molecule has 0 radical (unpaired) electrons. The molecule has 2 atom stereocenters. The van der Waals surface area contributed by atoms with Crippen molar-refractivity contribution in [2.45, 2.75) is 18.9 Å². The molecule has 26 heavy (non-hydrogen) atoms. The van der Waals surface area contributed by atoms with Gasteiger partial charge in [0.1, 0.15) is 10.4 Å². The monoisotopic (exact) mass is 411 g/mol. The van der Waals surface area contributed by atoms with Crippen molar-refractivity contribution in [1.29, 1.82) is 0 Å². The fourth-order valence-corrected chi connectivity index (χ4v) is 3.83. The fraction of sp³-hybridized carbons (Fsp3) is 0.211. The number of hydrogen-bond acceptors (Lipinski definition) is 4. The second-order valence-corrected chi connectivity index (χ2v) is 6.95. The number of benzene rings is 1. The molecule has 3 heterocycles. The van der Waals surface area contributed by atoms with Crippen LogP contribution in [-0.2, 0) is 4.79 Å². The van der Waals surface area contributed by atoms with Crippen LogP contribution in [0.25, 0.3) is 5.69 Å². The highest BCUT2D eigenvalue weighted by Gasteiger charge is 2.42. The van der Waals surface area contributed by atoms with Crippen molar-refractivity contribution in [2.24, 2.45) is 5.73 Å². The highest BCUT2D eigenvalue weighted by atomic mass is 79.9. The maximum absolute atomic E-state index is 13.0. The van der Waals surface area contributed by atoms with Gasteiger partial charge in [0.05, 0.1) is 29.5 Å². The van der Waals surface area contributed by atoms with Crippen LogP contribution in [0.1, 0.15) is 24.1 Å². The molecule has 0 unspecified atom stereocenters. The summed E-state index contributed by atoms with van der Waals surface area (Å²) in [7, 11) is 0. The molecule has 0 saturated carbocycles. The van der Waals surface area contributed by atoms with Crippen molar-refractivity contribution in [1.82, 2.24) is 14.8 Å². The first-order chi connectivity index (χ1) is 12.6. The summed E-state index contributed by atoms with van der Waals surface area (Å²) in [6.45, 7) is 2.46. The van der Waals surface area contributed by atoms with Gasteiger partial charge in [-0.05, 0) is 47.1 Å². The Bertz CT molecular complexity index is 956. The summed E-state index contributed by atoms with van der Waals surface area (Å²) in [6.07, 6.45) is 1.80. The molecule has 1 aromatic carbocycles. The standard InChI is InChI=1S/C19H18BrN5O/c1-2-24-18-13(11-22-25(18)12-7-4-3-5-8-12)16(17(21)19(24)26)14-9-6-10-15(20)23-14/h3-11,16-17H,2,21H2,1H3/t16-,17-/m0/s1. The number of rotatable bonds is 3. The van der Waals surface area contributed by atoms with Crippen LogP contribution >= 0.6 is 15.9 Å². The molecule has 4 rings (SSSR count). The van der Waals surface area contributed by atoms with E-state index >= 15 is 0 Å². The molecule has 7 heteroatoms. The number of likely N-dealkylation sites (N-methyl/N-ethyl adjacent to an activating group) is 1. The summed E-state index contributed by atoms with van der Waals surface area (Å²) in [5, 5.41) is 4.56. The lowest BCUT2D eigenvalue weighted by Gasteiger charge is -2.35. The largest absolute Gasteiger partial charge is 0.319 e. The highest BCUT2D eigenvalue weighted by molar-refractivity contribution is 9.10. The normalized spacial score (nSPS) is 19.5. The molecule has 6 nitrogen and oxygen atoms in total. The minimum absolute atomic E-state index is 0.121. The molecular weight excluding hydrogens is 394 g/mol. The predicted octanol–water partition coefficient (Wildman–Crippen LogP) is 2.86. The lowest BCUT2D eigenvalue weighted by atomic mass is 9.86. The van der Waals surface area contributed by atoms with Gasteiger partial charge in [-0.25, -0.2) is 9.67 Å². The van der Waals surface area contributed by atoms with Crippen molar-refractivity contribution < 1.29 is 4.79 Å². The van der Waals surface area contributed by atoms with Crippen molar-refractivity contribution in [3.8, 4) is 5.69 Å². The first-order valence-corrected chi connectivity index (χ1v) is 9.24. The molecule has 0 spiro atoms. The third-order valence-electron chi connectivity index (χ3n) is 4.64. The van der Waals surface area contributed by atoms with Crippen LogP contribution in [0.15, 0.2) is 59.3 Å². The summed E-state index contributed by atoms with van der Waals surface area (Å²) in [6, 6.07) is 14.7. The Morgan fingerprint density at radius 2 is 1.92 bits per heavy atom. The molecule has 0 saturated heterocycles. The van der Waals surface area contributed by atoms with E-state index in [1.165, 1.54) is 0 Å². The Morgan fingerprint density at radius 3 is 2.62 bits per heavy atom. The van der Waals surface area contributed by atoms with Crippen LogP contribution in [0.3, 0.4) is 0 Å². The van der Waals surface area contributed by atoms with Gasteiger partial charge in [0, 0.05) is 12.1 Å². The predicted molar refractivity (Wildman–Crippen MR) is 103 cm³/mol. The number of para-hydroxylation sites is 1. The van der Waals surface area contributed by atoms with Crippen LogP contribution in [0.2, 0.25) is 0 Å². The van der Waals surface area contributed by atoms with E-state index in [1.54, 1.807) is 15.8 Å². The number of pyridine rings is 1. The van der Waals surface area contributed by atoms with Gasteiger partial charge in [-0.2, -0.15) is 5.10 Å². The second kappa shape index (κ2) is 6.66. The number of fused-ring (bicyclic) bond motifs is 1. The first kappa shape index (κ1) is 16.9. The van der Waals surface area contributed by atoms with Gasteiger partial charge in [-0.1, -0.05) is 24.3 Å². The van der Waals surface area contributed by atoms with E-state index in [0.29, 0.717) is 11.1 Å². The number of amides is 1. The SMILES string of the molecule is CCN1C(=O)[C@@H](N)[C@H](c2cccc(Br)n2)c2cnn(-c3ccccc3)c21. The average Bonchev–Trinajstić information content (AvgIpc) is 3.08. The number of carbonyl (C=O) groups is 1. The molecule has 1 aliphatic heterocycles. The maximum Gasteiger partial charge on any atom is 0.246 e. The second-order valence-electron chi connectivity index (χ2n) is 6.14. The van der Waals surface area contributed by atoms with E-state index in [-0.39, 0.29) is 11.8 Å². The van der Waals surface area contributed by atoms with Gasteiger partial charge in [0.15, 0.2) is 0 Å². The average molecular weight is 412 g/mol. The summed E-state index contributed by atoms with van der Waals surface area (Å²) < 4.78 is 2.51. The molecule has 132 valence electrons. The number of nitrogens with zero attached hydrogens (tertiary/aromatic N) is 4. The van der Waals surface area contributed by atoms with E-state index in [0.717, 1.165) is 22.8 Å². The van der Waals surface area contributed by atoms with Crippen LogP contribution in [0.4, 0.5) is 5.82 Å². The zero-order chi connectivity index (χ0) is 18.3. The third kappa shape index (κ3) is 2.64. The summed E-state index contributed by atoms with van der Waals surface area (Å²) in [4.78, 5) is 19.2. The summed E-state index contributed by atoms with van der Waals surface area (Å²) >= 11 is 3.40. The van der Waals surface area contributed by atoms with E-state index in [4.69, 9.17) is 5.73 Å². The molecule has 0 fully saturated rings. The zero-order valence-corrected chi connectivity index (χ0v) is 15.8. The van der Waals surface area contributed by atoms with Crippen LogP contribution in [-0.4, -0.2) is 33.3 Å². The Kier molecular flexibility index (Phi) is 4.34. The number of anilines is 1. The van der Waals surface area contributed by atoms with Gasteiger partial charge in [0.2, 0.25) is 5.91 Å². The van der Waals surface area contributed by atoms with Crippen molar-refractivity contribution in [3.05, 3.63) is 70.6 Å². The lowest BCUT2D eigenvalue weighted by molar-refractivity contribution is -0.120. The van der Waals surface area contributed by atoms with Gasteiger partial charge >= 0.3 is 0 Å². The molecule has 1 aliphatic rings. The van der Waals surface area contributed by atoms with E-state index in [2.05, 4.69) is 26.0 Å². The van der Waals surface area contributed by atoms with Gasteiger partial charge < -0.3 is 5.73 Å². The number of halogens is 1.